The predicted octanol–water partition coefficient (Wildman–Crippen LogP) is 1.39. The molecule has 1 saturated heterocycles. The summed E-state index contributed by atoms with van der Waals surface area (Å²) < 4.78 is 0. The Hall–Kier alpha value is -0.910. The van der Waals surface area contributed by atoms with Crippen molar-refractivity contribution in [3.05, 3.63) is 0 Å². The van der Waals surface area contributed by atoms with Crippen molar-refractivity contribution in [1.82, 2.24) is 10.2 Å². The number of carbonyl (C=O) groups is 2. The van der Waals surface area contributed by atoms with Crippen LogP contribution in [-0.4, -0.2) is 52.1 Å². The van der Waals surface area contributed by atoms with Gasteiger partial charge in [-0.15, -0.1) is 0 Å². The van der Waals surface area contributed by atoms with Crippen LogP contribution in [0.4, 0.5) is 4.79 Å². The van der Waals surface area contributed by atoms with Crippen LogP contribution in [-0.2, 0) is 4.79 Å². The molecule has 0 aromatic heterocycles. The van der Waals surface area contributed by atoms with E-state index in [9.17, 15) is 9.59 Å². The fraction of sp³-hybridized carbons (Fsp3) is 0.833. The topological polar surface area (TPSA) is 69.6 Å². The summed E-state index contributed by atoms with van der Waals surface area (Å²) in [5, 5.41) is 11.8. The number of carbonyl (C=O) groups excluding carboxylic acids is 1. The summed E-state index contributed by atoms with van der Waals surface area (Å²) in [5.41, 5.74) is 0. The van der Waals surface area contributed by atoms with Crippen molar-refractivity contribution in [2.45, 2.75) is 38.3 Å². The SMILES string of the molecule is CC1CSCCN1C(=O)NC(CC(=O)O)C1CC1. The minimum Gasteiger partial charge on any atom is -0.481 e. The lowest BCUT2D eigenvalue weighted by Crippen LogP contribution is -2.52. The number of aliphatic carboxylic acids is 1. The Morgan fingerprint density at radius 1 is 1.50 bits per heavy atom. The van der Waals surface area contributed by atoms with Gasteiger partial charge in [0.2, 0.25) is 0 Å². The molecule has 5 nitrogen and oxygen atoms in total. The van der Waals surface area contributed by atoms with E-state index in [0.717, 1.165) is 30.9 Å². The molecule has 0 aromatic carbocycles. The first-order chi connectivity index (χ1) is 8.58. The smallest absolute Gasteiger partial charge is 0.317 e. The van der Waals surface area contributed by atoms with E-state index in [1.54, 1.807) is 0 Å². The van der Waals surface area contributed by atoms with Crippen molar-refractivity contribution in [3.8, 4) is 0 Å². The quantitative estimate of drug-likeness (QED) is 0.811. The third-order valence-corrected chi connectivity index (χ3v) is 4.71. The standard InChI is InChI=1S/C12H20N2O3S/c1-8-7-18-5-4-14(8)12(17)13-10(6-11(15)16)9-2-3-9/h8-10H,2-7H2,1H3,(H,13,17)(H,15,16). The molecule has 18 heavy (non-hydrogen) atoms. The van der Waals surface area contributed by atoms with Crippen LogP contribution in [0.2, 0.25) is 0 Å². The van der Waals surface area contributed by atoms with Crippen LogP contribution in [0.25, 0.3) is 0 Å². The van der Waals surface area contributed by atoms with Gasteiger partial charge in [0.1, 0.15) is 0 Å². The van der Waals surface area contributed by atoms with Gasteiger partial charge in [0.25, 0.3) is 0 Å². The highest BCUT2D eigenvalue weighted by Gasteiger charge is 2.35. The molecule has 2 unspecified atom stereocenters. The fourth-order valence-electron chi connectivity index (χ4n) is 2.29. The molecule has 2 aliphatic rings. The van der Waals surface area contributed by atoms with Crippen LogP contribution >= 0.6 is 11.8 Å². The van der Waals surface area contributed by atoms with E-state index in [1.807, 2.05) is 23.6 Å². The van der Waals surface area contributed by atoms with Gasteiger partial charge in [-0.05, 0) is 25.7 Å². The third kappa shape index (κ3) is 3.54. The highest BCUT2D eigenvalue weighted by atomic mass is 32.2. The first kappa shape index (κ1) is 13.5. The molecule has 0 spiro atoms. The molecular weight excluding hydrogens is 252 g/mol. The second kappa shape index (κ2) is 5.82. The second-order valence-electron chi connectivity index (χ2n) is 5.11. The lowest BCUT2D eigenvalue weighted by Gasteiger charge is -2.34. The summed E-state index contributed by atoms with van der Waals surface area (Å²) >= 11 is 1.86. The van der Waals surface area contributed by atoms with E-state index >= 15 is 0 Å². The molecule has 2 atom stereocenters. The van der Waals surface area contributed by atoms with E-state index < -0.39 is 5.97 Å². The van der Waals surface area contributed by atoms with Gasteiger partial charge in [0.15, 0.2) is 0 Å². The van der Waals surface area contributed by atoms with Crippen LogP contribution in [0.15, 0.2) is 0 Å². The number of nitrogens with one attached hydrogen (secondary N) is 1. The van der Waals surface area contributed by atoms with E-state index in [4.69, 9.17) is 5.11 Å². The number of urea groups is 1. The third-order valence-electron chi connectivity index (χ3n) is 3.52. The summed E-state index contributed by atoms with van der Waals surface area (Å²) in [4.78, 5) is 24.8. The second-order valence-corrected chi connectivity index (χ2v) is 6.26. The predicted molar refractivity (Wildman–Crippen MR) is 70.8 cm³/mol. The normalized spacial score (nSPS) is 25.6. The minimum atomic E-state index is -0.838. The number of thioether (sulfide) groups is 1. The molecule has 0 aromatic rings. The Morgan fingerprint density at radius 2 is 2.22 bits per heavy atom. The zero-order valence-electron chi connectivity index (χ0n) is 10.6. The van der Waals surface area contributed by atoms with Gasteiger partial charge < -0.3 is 15.3 Å². The molecule has 1 saturated carbocycles. The number of hydrogen-bond donors (Lipinski definition) is 2. The number of rotatable bonds is 4. The van der Waals surface area contributed by atoms with E-state index in [-0.39, 0.29) is 24.5 Å². The number of amides is 2. The molecule has 102 valence electrons. The van der Waals surface area contributed by atoms with Crippen molar-refractivity contribution in [2.24, 2.45) is 5.92 Å². The Balaban J connectivity index is 1.89. The van der Waals surface area contributed by atoms with Crippen molar-refractivity contribution in [1.29, 1.82) is 0 Å². The molecule has 2 amide bonds. The highest BCUT2D eigenvalue weighted by Crippen LogP contribution is 2.34. The molecular formula is C12H20N2O3S. The molecule has 0 bridgehead atoms. The number of nitrogens with zero attached hydrogens (tertiary/aromatic N) is 1. The molecule has 1 aliphatic heterocycles. The summed E-state index contributed by atoms with van der Waals surface area (Å²) in [6.07, 6.45) is 2.10. The molecule has 1 heterocycles. The lowest BCUT2D eigenvalue weighted by atomic mass is 10.1. The van der Waals surface area contributed by atoms with Gasteiger partial charge in [-0.2, -0.15) is 11.8 Å². The first-order valence-corrected chi connectivity index (χ1v) is 7.60. The zero-order chi connectivity index (χ0) is 13.1. The van der Waals surface area contributed by atoms with Crippen molar-refractivity contribution >= 4 is 23.8 Å². The van der Waals surface area contributed by atoms with Crippen LogP contribution in [0.5, 0.6) is 0 Å². The summed E-state index contributed by atoms with van der Waals surface area (Å²) in [7, 11) is 0. The van der Waals surface area contributed by atoms with Crippen molar-refractivity contribution in [3.63, 3.8) is 0 Å². The fourth-order valence-corrected chi connectivity index (χ4v) is 3.31. The number of carboxylic acid groups (broad SMARTS) is 1. The number of carboxylic acids is 1. The van der Waals surface area contributed by atoms with E-state index in [2.05, 4.69) is 5.32 Å². The molecule has 2 rings (SSSR count). The molecule has 2 fully saturated rings. The van der Waals surface area contributed by atoms with Gasteiger partial charge in [0.05, 0.1) is 6.42 Å². The molecule has 2 N–H and O–H groups in total. The average Bonchev–Trinajstić information content (AvgIpc) is 3.11. The van der Waals surface area contributed by atoms with Gasteiger partial charge in [0, 0.05) is 30.1 Å². The maximum atomic E-state index is 12.1. The maximum absolute atomic E-state index is 12.1. The van der Waals surface area contributed by atoms with Crippen molar-refractivity contribution in [2.75, 3.05) is 18.1 Å². The Labute approximate surface area is 111 Å². The van der Waals surface area contributed by atoms with Crippen molar-refractivity contribution < 1.29 is 14.7 Å². The van der Waals surface area contributed by atoms with Gasteiger partial charge >= 0.3 is 12.0 Å². The van der Waals surface area contributed by atoms with Crippen LogP contribution in [0, 0.1) is 5.92 Å². The number of hydrogen-bond acceptors (Lipinski definition) is 3. The summed E-state index contributed by atoms with van der Waals surface area (Å²) in [5.74, 6) is 1.44. The zero-order valence-corrected chi connectivity index (χ0v) is 11.4. The van der Waals surface area contributed by atoms with E-state index in [1.165, 1.54) is 0 Å². The van der Waals surface area contributed by atoms with Crippen LogP contribution in [0.1, 0.15) is 26.2 Å². The maximum Gasteiger partial charge on any atom is 0.317 e. The van der Waals surface area contributed by atoms with E-state index in [0.29, 0.717) is 5.92 Å². The Morgan fingerprint density at radius 3 is 2.78 bits per heavy atom. The first-order valence-electron chi connectivity index (χ1n) is 6.44. The minimum absolute atomic E-state index is 0.0351. The Bertz CT molecular complexity index is 333. The summed E-state index contributed by atoms with van der Waals surface area (Å²) in [6.45, 7) is 2.79. The Kier molecular flexibility index (Phi) is 4.37. The highest BCUT2D eigenvalue weighted by molar-refractivity contribution is 7.99. The van der Waals surface area contributed by atoms with Crippen LogP contribution < -0.4 is 5.32 Å². The molecule has 6 heteroatoms. The van der Waals surface area contributed by atoms with Gasteiger partial charge in [-0.3, -0.25) is 4.79 Å². The average molecular weight is 272 g/mol. The largest absolute Gasteiger partial charge is 0.481 e. The lowest BCUT2D eigenvalue weighted by molar-refractivity contribution is -0.137. The van der Waals surface area contributed by atoms with Crippen LogP contribution in [0.3, 0.4) is 0 Å². The monoisotopic (exact) mass is 272 g/mol. The summed E-state index contributed by atoms with van der Waals surface area (Å²) in [6, 6.07) is -0.0637. The molecule has 1 aliphatic carbocycles. The molecule has 0 radical (unpaired) electrons. The van der Waals surface area contributed by atoms with Gasteiger partial charge in [-0.25, -0.2) is 4.79 Å². The van der Waals surface area contributed by atoms with Gasteiger partial charge in [-0.1, -0.05) is 0 Å².